The van der Waals surface area contributed by atoms with Crippen LogP contribution in [0.15, 0.2) is 102 Å². The molecule has 7 heteroatoms. The molecule has 1 N–H and O–H groups in total. The molecule has 0 bridgehead atoms. The van der Waals surface area contributed by atoms with Crippen molar-refractivity contribution in [3.05, 3.63) is 130 Å². The number of aryl methyl sites for hydroxylation is 1. The number of hydrogen-bond acceptors (Lipinski definition) is 5. The topological polar surface area (TPSA) is 77.0 Å². The molecule has 0 fully saturated rings. The molecule has 0 heterocycles. The number of carbonyl (C=O) groups excluding carboxylic acids is 2. The van der Waals surface area contributed by atoms with Crippen molar-refractivity contribution in [2.45, 2.75) is 13.5 Å². The predicted molar refractivity (Wildman–Crippen MR) is 140 cm³/mol. The van der Waals surface area contributed by atoms with Gasteiger partial charge < -0.3 is 9.47 Å². The standard InChI is InChI=1S/C29H23ClN2O4/c1-20-2-4-22(5-3-20)19-35-26-16-10-23(11-17-26)28(33)32-31-18-21-6-14-27(15-7-21)36-29(34)24-8-12-25(30)13-9-24/h2-18H,19H2,1H3,(H,32,33)/b31-18+. The average molecular weight is 499 g/mol. The third-order valence-electron chi connectivity index (χ3n) is 5.19. The summed E-state index contributed by atoms with van der Waals surface area (Å²) in [6.07, 6.45) is 1.50. The first-order chi connectivity index (χ1) is 17.5. The van der Waals surface area contributed by atoms with E-state index in [1.54, 1.807) is 72.8 Å². The first-order valence-electron chi connectivity index (χ1n) is 11.2. The highest BCUT2D eigenvalue weighted by Crippen LogP contribution is 2.16. The van der Waals surface area contributed by atoms with Gasteiger partial charge in [0.15, 0.2) is 0 Å². The van der Waals surface area contributed by atoms with Gasteiger partial charge >= 0.3 is 5.97 Å². The predicted octanol–water partition coefficient (Wildman–Crippen LogP) is 6.21. The summed E-state index contributed by atoms with van der Waals surface area (Å²) in [5.74, 6) is 0.241. The lowest BCUT2D eigenvalue weighted by Crippen LogP contribution is -2.17. The molecule has 0 saturated heterocycles. The van der Waals surface area contributed by atoms with Crippen molar-refractivity contribution >= 4 is 29.7 Å². The van der Waals surface area contributed by atoms with E-state index in [1.165, 1.54) is 11.8 Å². The molecule has 0 saturated carbocycles. The van der Waals surface area contributed by atoms with Gasteiger partial charge in [0.05, 0.1) is 11.8 Å². The number of halogens is 1. The Kier molecular flexibility index (Phi) is 8.11. The molecule has 0 aliphatic heterocycles. The van der Waals surface area contributed by atoms with Crippen molar-refractivity contribution in [3.63, 3.8) is 0 Å². The van der Waals surface area contributed by atoms with Crippen LogP contribution < -0.4 is 14.9 Å². The summed E-state index contributed by atoms with van der Waals surface area (Å²) in [6, 6.07) is 28.2. The molecular weight excluding hydrogens is 476 g/mol. The number of nitrogens with one attached hydrogen (secondary N) is 1. The Labute approximate surface area is 214 Å². The molecule has 1 amide bonds. The normalized spacial score (nSPS) is 10.7. The number of rotatable bonds is 8. The Morgan fingerprint density at radius 1 is 0.806 bits per heavy atom. The van der Waals surface area contributed by atoms with Crippen molar-refractivity contribution < 1.29 is 19.1 Å². The molecule has 0 aromatic heterocycles. The van der Waals surface area contributed by atoms with Crippen molar-refractivity contribution in [2.75, 3.05) is 0 Å². The Morgan fingerprint density at radius 2 is 1.42 bits per heavy atom. The minimum absolute atomic E-state index is 0.343. The zero-order valence-electron chi connectivity index (χ0n) is 19.5. The van der Waals surface area contributed by atoms with Gasteiger partial charge in [0.2, 0.25) is 0 Å². The Hall–Kier alpha value is -4.42. The van der Waals surface area contributed by atoms with Gasteiger partial charge in [-0.15, -0.1) is 0 Å². The van der Waals surface area contributed by atoms with E-state index in [2.05, 4.69) is 10.5 Å². The van der Waals surface area contributed by atoms with Gasteiger partial charge in [-0.05, 0) is 90.8 Å². The van der Waals surface area contributed by atoms with Crippen LogP contribution in [-0.4, -0.2) is 18.1 Å². The summed E-state index contributed by atoms with van der Waals surface area (Å²) in [7, 11) is 0. The lowest BCUT2D eigenvalue weighted by Gasteiger charge is -2.07. The molecule has 0 aliphatic carbocycles. The number of amides is 1. The zero-order chi connectivity index (χ0) is 25.3. The van der Waals surface area contributed by atoms with E-state index in [0.29, 0.717) is 34.3 Å². The van der Waals surface area contributed by atoms with Gasteiger partial charge in [0.1, 0.15) is 18.1 Å². The number of benzene rings is 4. The molecule has 6 nitrogen and oxygen atoms in total. The van der Waals surface area contributed by atoms with Crippen LogP contribution in [0.4, 0.5) is 0 Å². The van der Waals surface area contributed by atoms with E-state index in [-0.39, 0.29) is 5.91 Å². The molecule has 0 radical (unpaired) electrons. The Bertz CT molecular complexity index is 1350. The second-order valence-corrected chi connectivity index (χ2v) is 8.40. The van der Waals surface area contributed by atoms with Gasteiger partial charge in [-0.1, -0.05) is 41.4 Å². The number of esters is 1. The molecular formula is C29H23ClN2O4. The minimum Gasteiger partial charge on any atom is -0.489 e. The Balaban J connectivity index is 1.25. The number of nitrogens with zero attached hydrogens (tertiary/aromatic N) is 1. The minimum atomic E-state index is -0.480. The zero-order valence-corrected chi connectivity index (χ0v) is 20.2. The van der Waals surface area contributed by atoms with E-state index in [1.807, 2.05) is 31.2 Å². The molecule has 36 heavy (non-hydrogen) atoms. The highest BCUT2D eigenvalue weighted by atomic mass is 35.5. The summed E-state index contributed by atoms with van der Waals surface area (Å²) in [4.78, 5) is 24.5. The monoisotopic (exact) mass is 498 g/mol. The van der Waals surface area contributed by atoms with E-state index < -0.39 is 5.97 Å². The van der Waals surface area contributed by atoms with Gasteiger partial charge in [-0.25, -0.2) is 10.2 Å². The fourth-order valence-electron chi connectivity index (χ4n) is 3.16. The largest absolute Gasteiger partial charge is 0.489 e. The number of hydrazone groups is 1. The van der Waals surface area contributed by atoms with Gasteiger partial charge in [-0.2, -0.15) is 5.10 Å². The first kappa shape index (κ1) is 24.7. The SMILES string of the molecule is Cc1ccc(COc2ccc(C(=O)N/N=C/c3ccc(OC(=O)c4ccc(Cl)cc4)cc3)cc2)cc1. The van der Waals surface area contributed by atoms with Crippen LogP contribution in [-0.2, 0) is 6.61 Å². The van der Waals surface area contributed by atoms with E-state index >= 15 is 0 Å². The fourth-order valence-corrected chi connectivity index (χ4v) is 3.28. The van der Waals surface area contributed by atoms with E-state index in [4.69, 9.17) is 21.1 Å². The smallest absolute Gasteiger partial charge is 0.343 e. The second kappa shape index (κ2) is 11.8. The lowest BCUT2D eigenvalue weighted by atomic mass is 10.2. The van der Waals surface area contributed by atoms with Crippen LogP contribution in [0, 0.1) is 6.92 Å². The maximum atomic E-state index is 12.4. The molecule has 4 aromatic rings. The maximum absolute atomic E-state index is 12.4. The van der Waals surface area contributed by atoms with Crippen LogP contribution in [0.1, 0.15) is 37.4 Å². The third-order valence-corrected chi connectivity index (χ3v) is 5.44. The van der Waals surface area contributed by atoms with Crippen LogP contribution in [0.5, 0.6) is 11.5 Å². The molecule has 4 aromatic carbocycles. The number of carbonyl (C=O) groups is 2. The molecule has 0 aliphatic rings. The average Bonchev–Trinajstić information content (AvgIpc) is 2.90. The van der Waals surface area contributed by atoms with Crippen LogP contribution >= 0.6 is 11.6 Å². The summed E-state index contributed by atoms with van der Waals surface area (Å²) in [5.41, 5.74) is 6.35. The quantitative estimate of drug-likeness (QED) is 0.135. The Morgan fingerprint density at radius 3 is 2.08 bits per heavy atom. The van der Waals surface area contributed by atoms with Crippen LogP contribution in [0.2, 0.25) is 5.02 Å². The number of ether oxygens (including phenoxy) is 2. The van der Waals surface area contributed by atoms with Gasteiger partial charge in [0, 0.05) is 10.6 Å². The van der Waals surface area contributed by atoms with Gasteiger partial charge in [-0.3, -0.25) is 4.79 Å². The van der Waals surface area contributed by atoms with Crippen molar-refractivity contribution in [3.8, 4) is 11.5 Å². The number of hydrogen-bond donors (Lipinski definition) is 1. The molecule has 180 valence electrons. The lowest BCUT2D eigenvalue weighted by molar-refractivity contribution is 0.0734. The van der Waals surface area contributed by atoms with E-state index in [0.717, 1.165) is 11.1 Å². The van der Waals surface area contributed by atoms with Crippen LogP contribution in [0.3, 0.4) is 0 Å². The molecule has 0 unspecified atom stereocenters. The summed E-state index contributed by atoms with van der Waals surface area (Å²) in [6.45, 7) is 2.49. The second-order valence-electron chi connectivity index (χ2n) is 7.96. The van der Waals surface area contributed by atoms with E-state index in [9.17, 15) is 9.59 Å². The molecule has 0 atom stereocenters. The summed E-state index contributed by atoms with van der Waals surface area (Å²) < 4.78 is 11.1. The maximum Gasteiger partial charge on any atom is 0.343 e. The van der Waals surface area contributed by atoms with Crippen molar-refractivity contribution in [1.82, 2.24) is 5.43 Å². The highest BCUT2D eigenvalue weighted by molar-refractivity contribution is 6.30. The third kappa shape index (κ3) is 7.04. The first-order valence-corrected chi connectivity index (χ1v) is 11.5. The molecule has 0 spiro atoms. The highest BCUT2D eigenvalue weighted by Gasteiger charge is 2.08. The fraction of sp³-hybridized carbons (Fsp3) is 0.0690. The molecule has 4 rings (SSSR count). The van der Waals surface area contributed by atoms with Crippen molar-refractivity contribution in [2.24, 2.45) is 5.10 Å². The van der Waals surface area contributed by atoms with Gasteiger partial charge in [0.25, 0.3) is 5.91 Å². The summed E-state index contributed by atoms with van der Waals surface area (Å²) >= 11 is 5.84. The summed E-state index contributed by atoms with van der Waals surface area (Å²) in [5, 5.41) is 4.54. The van der Waals surface area contributed by atoms with Crippen LogP contribution in [0.25, 0.3) is 0 Å². The van der Waals surface area contributed by atoms with Crippen molar-refractivity contribution in [1.29, 1.82) is 0 Å².